The zero-order valence-electron chi connectivity index (χ0n) is 12.2. The van der Waals surface area contributed by atoms with Gasteiger partial charge in [0.25, 0.3) is 0 Å². The Balaban J connectivity index is 2.39. The normalized spacial score (nSPS) is 20.7. The molecule has 0 aliphatic heterocycles. The fourth-order valence-corrected chi connectivity index (χ4v) is 3.65. The summed E-state index contributed by atoms with van der Waals surface area (Å²) in [6.45, 7) is 2.88. The Bertz CT molecular complexity index is 421. The maximum absolute atomic E-state index is 6.64. The van der Waals surface area contributed by atoms with E-state index in [1.807, 2.05) is 4.68 Å². The zero-order valence-corrected chi connectivity index (χ0v) is 13.0. The molecule has 1 fully saturated rings. The second-order valence-corrected chi connectivity index (χ2v) is 6.14. The molecule has 108 valence electrons. The van der Waals surface area contributed by atoms with Crippen molar-refractivity contribution in [3.8, 4) is 0 Å². The van der Waals surface area contributed by atoms with E-state index in [1.165, 1.54) is 19.3 Å². The van der Waals surface area contributed by atoms with Crippen molar-refractivity contribution in [1.29, 1.82) is 0 Å². The molecule has 1 heterocycles. The van der Waals surface area contributed by atoms with Crippen molar-refractivity contribution in [2.24, 2.45) is 5.73 Å². The van der Waals surface area contributed by atoms with Crippen LogP contribution in [0.1, 0.15) is 50.8 Å². The summed E-state index contributed by atoms with van der Waals surface area (Å²) >= 11 is 6.32. The lowest BCUT2D eigenvalue weighted by molar-refractivity contribution is 0.0683. The maximum atomic E-state index is 6.64. The van der Waals surface area contributed by atoms with E-state index in [2.05, 4.69) is 31.0 Å². The van der Waals surface area contributed by atoms with Gasteiger partial charge in [-0.2, -0.15) is 5.10 Å². The van der Waals surface area contributed by atoms with Gasteiger partial charge in [-0.25, -0.2) is 0 Å². The van der Waals surface area contributed by atoms with E-state index < -0.39 is 0 Å². The molecule has 0 radical (unpaired) electrons. The third kappa shape index (κ3) is 2.54. The molecule has 1 aliphatic carbocycles. The Morgan fingerprint density at radius 1 is 1.42 bits per heavy atom. The molecule has 0 bridgehead atoms. The summed E-state index contributed by atoms with van der Waals surface area (Å²) in [5.74, 6) is 0. The number of rotatable bonds is 4. The minimum absolute atomic E-state index is 0.00877. The highest BCUT2D eigenvalue weighted by Crippen LogP contribution is 2.42. The summed E-state index contributed by atoms with van der Waals surface area (Å²) in [5.41, 5.74) is 7.64. The lowest BCUT2D eigenvalue weighted by Gasteiger charge is -2.47. The van der Waals surface area contributed by atoms with Crippen LogP contribution < -0.4 is 5.73 Å². The van der Waals surface area contributed by atoms with E-state index in [1.54, 1.807) is 6.20 Å². The summed E-state index contributed by atoms with van der Waals surface area (Å²) in [6.07, 6.45) is 7.77. The highest BCUT2D eigenvalue weighted by molar-refractivity contribution is 6.31. The molecular formula is C14H25ClN4. The van der Waals surface area contributed by atoms with Crippen LogP contribution in [0.15, 0.2) is 6.20 Å². The second-order valence-electron chi connectivity index (χ2n) is 5.73. The topological polar surface area (TPSA) is 47.1 Å². The first kappa shape index (κ1) is 14.8. The predicted octanol–water partition coefficient (Wildman–Crippen LogP) is 2.82. The van der Waals surface area contributed by atoms with Crippen LogP contribution in [0, 0.1) is 0 Å². The van der Waals surface area contributed by atoms with Gasteiger partial charge in [0, 0.05) is 12.1 Å². The number of nitrogens with two attached hydrogens (primary N) is 1. The monoisotopic (exact) mass is 284 g/mol. The summed E-state index contributed by atoms with van der Waals surface area (Å²) in [4.78, 5) is 2.29. The molecule has 19 heavy (non-hydrogen) atoms. The minimum atomic E-state index is -0.0854. The molecule has 0 saturated heterocycles. The molecule has 0 aromatic carbocycles. The maximum Gasteiger partial charge on any atom is 0.0834 e. The van der Waals surface area contributed by atoms with Crippen molar-refractivity contribution >= 4 is 11.6 Å². The van der Waals surface area contributed by atoms with E-state index >= 15 is 0 Å². The van der Waals surface area contributed by atoms with Crippen LogP contribution in [0.4, 0.5) is 0 Å². The number of hydrogen-bond acceptors (Lipinski definition) is 3. The van der Waals surface area contributed by atoms with Gasteiger partial charge >= 0.3 is 0 Å². The van der Waals surface area contributed by atoms with Gasteiger partial charge in [-0.3, -0.25) is 4.68 Å². The molecule has 2 N–H and O–H groups in total. The van der Waals surface area contributed by atoms with Crippen molar-refractivity contribution in [1.82, 2.24) is 14.7 Å². The molecule has 0 amide bonds. The third-order valence-electron chi connectivity index (χ3n) is 4.62. The van der Waals surface area contributed by atoms with Crippen LogP contribution in [0.2, 0.25) is 5.02 Å². The molecule has 1 unspecified atom stereocenters. The molecular weight excluding hydrogens is 260 g/mol. The molecule has 1 aromatic heterocycles. The van der Waals surface area contributed by atoms with Gasteiger partial charge in [0.1, 0.15) is 0 Å². The van der Waals surface area contributed by atoms with Gasteiger partial charge in [-0.15, -0.1) is 0 Å². The highest BCUT2D eigenvalue weighted by atomic mass is 35.5. The fourth-order valence-electron chi connectivity index (χ4n) is 3.39. The molecule has 4 nitrogen and oxygen atoms in total. The predicted molar refractivity (Wildman–Crippen MR) is 79.3 cm³/mol. The fraction of sp³-hybridized carbons (Fsp3) is 0.786. The number of aryl methyl sites for hydroxylation is 1. The molecule has 2 rings (SSSR count). The number of halogens is 1. The Hall–Kier alpha value is -0.580. The number of nitrogens with zero attached hydrogens (tertiary/aromatic N) is 3. The van der Waals surface area contributed by atoms with E-state index in [-0.39, 0.29) is 11.6 Å². The highest BCUT2D eigenvalue weighted by Gasteiger charge is 2.42. The van der Waals surface area contributed by atoms with E-state index in [4.69, 9.17) is 17.3 Å². The number of hydrogen-bond donors (Lipinski definition) is 1. The standard InChI is InChI=1S/C14H25ClN4/c1-4-19-12(11(15)10-17-19)13(16)14(18(2)3)8-6-5-7-9-14/h10,13H,4-9,16H2,1-3H3. The van der Waals surface area contributed by atoms with Crippen LogP contribution in [0.3, 0.4) is 0 Å². The molecule has 1 aliphatic rings. The van der Waals surface area contributed by atoms with E-state index in [9.17, 15) is 0 Å². The van der Waals surface area contributed by atoms with Crippen LogP contribution in [-0.2, 0) is 6.54 Å². The Morgan fingerprint density at radius 2 is 2.05 bits per heavy atom. The zero-order chi connectivity index (χ0) is 14.0. The molecule has 5 heteroatoms. The van der Waals surface area contributed by atoms with Crippen molar-refractivity contribution in [2.75, 3.05) is 14.1 Å². The van der Waals surface area contributed by atoms with Gasteiger partial charge in [-0.1, -0.05) is 30.9 Å². The van der Waals surface area contributed by atoms with Gasteiger partial charge in [0.15, 0.2) is 0 Å². The summed E-state index contributed by atoms with van der Waals surface area (Å²) < 4.78 is 1.94. The third-order valence-corrected chi connectivity index (χ3v) is 4.91. The first-order valence-corrected chi connectivity index (χ1v) is 7.55. The second kappa shape index (κ2) is 5.81. The summed E-state index contributed by atoms with van der Waals surface area (Å²) in [5, 5.41) is 5.02. The van der Waals surface area contributed by atoms with Crippen LogP contribution >= 0.6 is 11.6 Å². The Kier molecular flexibility index (Phi) is 4.54. The number of likely N-dealkylation sites (N-methyl/N-ethyl adjacent to an activating group) is 1. The smallest absolute Gasteiger partial charge is 0.0834 e. The van der Waals surface area contributed by atoms with Crippen LogP contribution in [0.5, 0.6) is 0 Å². The molecule has 1 atom stereocenters. The Labute approximate surface area is 120 Å². The SMILES string of the molecule is CCn1ncc(Cl)c1C(N)C1(N(C)C)CCCCC1. The van der Waals surface area contributed by atoms with E-state index in [0.717, 1.165) is 25.1 Å². The largest absolute Gasteiger partial charge is 0.321 e. The Morgan fingerprint density at radius 3 is 2.58 bits per heavy atom. The first-order valence-electron chi connectivity index (χ1n) is 7.17. The lowest BCUT2D eigenvalue weighted by atomic mass is 9.74. The van der Waals surface area contributed by atoms with Gasteiger partial charge in [0.2, 0.25) is 0 Å². The average Bonchev–Trinajstić information content (AvgIpc) is 2.79. The molecule has 1 saturated carbocycles. The summed E-state index contributed by atoms with van der Waals surface area (Å²) in [7, 11) is 4.26. The van der Waals surface area contributed by atoms with Gasteiger partial charge in [0.05, 0.1) is 23.0 Å². The van der Waals surface area contributed by atoms with Crippen LogP contribution in [-0.4, -0.2) is 34.3 Å². The van der Waals surface area contributed by atoms with Crippen molar-refractivity contribution < 1.29 is 0 Å². The van der Waals surface area contributed by atoms with Gasteiger partial charge in [-0.05, 0) is 33.9 Å². The molecule has 0 spiro atoms. The lowest BCUT2D eigenvalue weighted by Crippen LogP contribution is -2.54. The van der Waals surface area contributed by atoms with Gasteiger partial charge < -0.3 is 10.6 Å². The average molecular weight is 285 g/mol. The quantitative estimate of drug-likeness (QED) is 0.925. The van der Waals surface area contributed by atoms with Crippen molar-refractivity contribution in [3.05, 3.63) is 16.9 Å². The van der Waals surface area contributed by atoms with E-state index in [0.29, 0.717) is 5.02 Å². The molecule has 1 aromatic rings. The minimum Gasteiger partial charge on any atom is -0.321 e. The first-order chi connectivity index (χ1) is 9.03. The summed E-state index contributed by atoms with van der Waals surface area (Å²) in [6, 6.07) is -0.0854. The van der Waals surface area contributed by atoms with Crippen LogP contribution in [0.25, 0.3) is 0 Å². The van der Waals surface area contributed by atoms with Crippen molar-refractivity contribution in [2.45, 2.75) is 57.2 Å². The number of aromatic nitrogens is 2. The van der Waals surface area contributed by atoms with Crippen molar-refractivity contribution in [3.63, 3.8) is 0 Å².